The maximum Gasteiger partial charge on any atom is 0.292 e. The Labute approximate surface area is 354 Å². The molecule has 0 aliphatic rings. The molecule has 2 amide bonds. The van der Waals surface area contributed by atoms with Gasteiger partial charge >= 0.3 is 0 Å². The quantitative estimate of drug-likeness (QED) is 0.0411. The van der Waals surface area contributed by atoms with Gasteiger partial charge in [0.2, 0.25) is 23.1 Å². The van der Waals surface area contributed by atoms with Gasteiger partial charge in [0.25, 0.3) is 46.1 Å². The number of nitrogens with one attached hydrogen (secondary N) is 2. The molecule has 4 aromatic rings. The second-order valence-corrected chi connectivity index (χ2v) is 13.8. The standard InChI is InChI=1S/C41H34N6O16/c48-33(35(50)25-9-1-5-13-29(25)44(56)57)17-19-41(20-18-34(49)36(51)26-10-2-6-14-30(26)45(58)59,21-23-42-39(54)37(52)27-11-3-7-15-31(27)46(60)61)22-24-43-40(55)38(53)28-12-4-8-16-32(28)47(62)63/h1-16H,17-24H2,(H,42,54)(H,43,55). The summed E-state index contributed by atoms with van der Waals surface area (Å²) in [6, 6.07) is 18.3. The fraction of sp³-hybridized carbons (Fsp3) is 0.220. The van der Waals surface area contributed by atoms with Crippen LogP contribution in [0.15, 0.2) is 97.1 Å². The number of amides is 2. The van der Waals surface area contributed by atoms with Crippen LogP contribution >= 0.6 is 0 Å². The van der Waals surface area contributed by atoms with E-state index >= 15 is 0 Å². The first-order chi connectivity index (χ1) is 29.9. The van der Waals surface area contributed by atoms with Crippen molar-refractivity contribution >= 4 is 69.3 Å². The van der Waals surface area contributed by atoms with E-state index in [1.807, 2.05) is 0 Å². The van der Waals surface area contributed by atoms with Crippen LogP contribution in [-0.2, 0) is 19.2 Å². The molecular formula is C41H34N6O16. The fourth-order valence-corrected chi connectivity index (χ4v) is 6.62. The molecule has 0 fully saturated rings. The van der Waals surface area contributed by atoms with E-state index in [9.17, 15) is 78.8 Å². The summed E-state index contributed by atoms with van der Waals surface area (Å²) in [7, 11) is 0. The lowest BCUT2D eigenvalue weighted by atomic mass is 9.72. The third-order valence-electron chi connectivity index (χ3n) is 9.95. The number of carbonyl (C=O) groups is 8. The SMILES string of the molecule is O=C(CCC(CCNC(=O)C(=O)c1ccccc1[N+](=O)[O-])(CCNC(=O)C(=O)c1ccccc1[N+](=O)[O-])CCC(=O)C(=O)c1ccccc1[N+](=O)[O-])C(=O)c1ccccc1[N+](=O)[O-]. The van der Waals surface area contributed by atoms with Gasteiger partial charge in [0.05, 0.1) is 19.7 Å². The minimum absolute atomic E-state index is 0.337. The highest BCUT2D eigenvalue weighted by atomic mass is 16.6. The second kappa shape index (κ2) is 21.1. The number of nitrogens with zero attached hydrogens (tertiary/aromatic N) is 4. The van der Waals surface area contributed by atoms with Crippen LogP contribution in [0.1, 0.15) is 80.0 Å². The van der Waals surface area contributed by atoms with E-state index in [1.54, 1.807) is 0 Å². The Bertz CT molecular complexity index is 2400. The van der Waals surface area contributed by atoms with Crippen molar-refractivity contribution in [2.75, 3.05) is 13.1 Å². The van der Waals surface area contributed by atoms with E-state index in [4.69, 9.17) is 0 Å². The summed E-state index contributed by atoms with van der Waals surface area (Å²) in [6.45, 7) is -0.986. The predicted octanol–water partition coefficient (Wildman–Crippen LogP) is 4.85. The number of hydrogen-bond donors (Lipinski definition) is 2. The molecule has 0 unspecified atom stereocenters. The smallest absolute Gasteiger partial charge is 0.292 e. The van der Waals surface area contributed by atoms with Crippen LogP contribution in [0.25, 0.3) is 0 Å². The van der Waals surface area contributed by atoms with Crippen LogP contribution in [-0.4, -0.2) is 79.3 Å². The van der Waals surface area contributed by atoms with Gasteiger partial charge < -0.3 is 10.6 Å². The molecule has 4 rings (SSSR count). The van der Waals surface area contributed by atoms with E-state index < -0.39 is 155 Å². The predicted molar refractivity (Wildman–Crippen MR) is 216 cm³/mol. The van der Waals surface area contributed by atoms with E-state index in [0.29, 0.717) is 0 Å². The lowest BCUT2D eigenvalue weighted by molar-refractivity contribution is -0.385. The largest absolute Gasteiger partial charge is 0.349 e. The first-order valence-electron chi connectivity index (χ1n) is 18.6. The number of rotatable bonds is 24. The summed E-state index contributed by atoms with van der Waals surface area (Å²) < 4.78 is 0. The Morgan fingerprint density at radius 1 is 0.397 bits per heavy atom. The summed E-state index contributed by atoms with van der Waals surface area (Å²) in [6.07, 6.45) is -2.93. The number of nitro benzene ring substituents is 4. The van der Waals surface area contributed by atoms with Crippen LogP contribution in [0, 0.1) is 45.9 Å². The first kappa shape index (κ1) is 47.1. The number of hydrogen-bond acceptors (Lipinski definition) is 16. The Balaban J connectivity index is 1.69. The average molecular weight is 867 g/mol. The first-order valence-corrected chi connectivity index (χ1v) is 18.6. The Hall–Kier alpha value is -8.56. The van der Waals surface area contributed by atoms with Crippen molar-refractivity contribution in [3.05, 3.63) is 160 Å². The summed E-state index contributed by atoms with van der Waals surface area (Å²) >= 11 is 0. The molecule has 0 saturated carbocycles. The molecule has 0 bridgehead atoms. The van der Waals surface area contributed by atoms with Crippen molar-refractivity contribution in [1.29, 1.82) is 0 Å². The second-order valence-electron chi connectivity index (χ2n) is 13.8. The lowest BCUT2D eigenvalue weighted by Crippen LogP contribution is -2.39. The molecule has 0 radical (unpaired) electrons. The molecule has 0 saturated heterocycles. The van der Waals surface area contributed by atoms with Gasteiger partial charge in [0.1, 0.15) is 22.3 Å². The monoisotopic (exact) mass is 866 g/mol. The molecule has 4 aromatic carbocycles. The zero-order valence-electron chi connectivity index (χ0n) is 32.7. The topological polar surface area (TPSA) is 333 Å². The molecule has 63 heavy (non-hydrogen) atoms. The van der Waals surface area contributed by atoms with Gasteiger partial charge in [-0.05, 0) is 55.4 Å². The Kier molecular flexibility index (Phi) is 15.8. The van der Waals surface area contributed by atoms with E-state index in [-0.39, 0.29) is 12.8 Å². The normalized spacial score (nSPS) is 10.8. The Morgan fingerprint density at radius 3 is 0.921 bits per heavy atom. The van der Waals surface area contributed by atoms with Crippen LogP contribution in [0.3, 0.4) is 0 Å². The molecule has 0 aliphatic heterocycles. The van der Waals surface area contributed by atoms with Gasteiger partial charge in [-0.25, -0.2) is 0 Å². The minimum atomic E-state index is -1.54. The number of carbonyl (C=O) groups excluding carboxylic acids is 8. The zero-order valence-corrected chi connectivity index (χ0v) is 32.7. The summed E-state index contributed by atoms with van der Waals surface area (Å²) in [5.41, 5.74) is -6.48. The number of ketones is 6. The van der Waals surface area contributed by atoms with Gasteiger partial charge in [0.15, 0.2) is 0 Å². The molecular weight excluding hydrogens is 832 g/mol. The van der Waals surface area contributed by atoms with Crippen molar-refractivity contribution < 1.29 is 58.0 Å². The van der Waals surface area contributed by atoms with Crippen LogP contribution in [0.4, 0.5) is 22.7 Å². The van der Waals surface area contributed by atoms with Crippen molar-refractivity contribution in [2.24, 2.45) is 5.41 Å². The molecule has 0 spiro atoms. The molecule has 22 heteroatoms. The van der Waals surface area contributed by atoms with Crippen molar-refractivity contribution in [3.8, 4) is 0 Å². The van der Waals surface area contributed by atoms with Crippen LogP contribution < -0.4 is 10.6 Å². The van der Waals surface area contributed by atoms with Crippen LogP contribution in [0.2, 0.25) is 0 Å². The molecule has 324 valence electrons. The van der Waals surface area contributed by atoms with Crippen molar-refractivity contribution in [2.45, 2.75) is 38.5 Å². The molecule has 22 nitrogen and oxygen atoms in total. The van der Waals surface area contributed by atoms with Gasteiger partial charge in [-0.15, -0.1) is 0 Å². The number of Topliss-reactive ketones (excluding diaryl/α,β-unsaturated/α-hetero) is 6. The highest BCUT2D eigenvalue weighted by molar-refractivity contribution is 6.45. The zero-order chi connectivity index (χ0) is 46.4. The fourth-order valence-electron chi connectivity index (χ4n) is 6.62. The van der Waals surface area contributed by atoms with Crippen LogP contribution in [0.5, 0.6) is 0 Å². The van der Waals surface area contributed by atoms with Gasteiger partial charge in [-0.1, -0.05) is 48.5 Å². The lowest BCUT2D eigenvalue weighted by Gasteiger charge is -2.34. The van der Waals surface area contributed by atoms with Gasteiger partial charge in [-0.2, -0.15) is 0 Å². The minimum Gasteiger partial charge on any atom is -0.349 e. The maximum atomic E-state index is 13.4. The number of benzene rings is 4. The summed E-state index contributed by atoms with van der Waals surface area (Å²) in [5, 5.41) is 50.9. The summed E-state index contributed by atoms with van der Waals surface area (Å²) in [4.78, 5) is 148. The molecule has 2 N–H and O–H groups in total. The highest BCUT2D eigenvalue weighted by Gasteiger charge is 2.36. The molecule has 0 aromatic heterocycles. The Morgan fingerprint density at radius 2 is 0.651 bits per heavy atom. The maximum absolute atomic E-state index is 13.4. The van der Waals surface area contributed by atoms with E-state index in [2.05, 4.69) is 10.6 Å². The van der Waals surface area contributed by atoms with E-state index in [0.717, 1.165) is 48.5 Å². The molecule has 0 heterocycles. The third kappa shape index (κ3) is 11.8. The molecule has 0 atom stereocenters. The highest BCUT2D eigenvalue weighted by Crippen LogP contribution is 2.38. The number of nitro groups is 4. The van der Waals surface area contributed by atoms with Gasteiger partial charge in [-0.3, -0.25) is 78.8 Å². The van der Waals surface area contributed by atoms with Gasteiger partial charge in [0, 0.05) is 50.2 Å². The molecule has 0 aliphatic carbocycles. The number of para-hydroxylation sites is 4. The average Bonchev–Trinajstić information content (AvgIpc) is 3.28. The van der Waals surface area contributed by atoms with E-state index in [1.165, 1.54) is 48.5 Å². The van der Waals surface area contributed by atoms with Crippen molar-refractivity contribution in [1.82, 2.24) is 10.6 Å². The van der Waals surface area contributed by atoms with Crippen molar-refractivity contribution in [3.63, 3.8) is 0 Å². The summed E-state index contributed by atoms with van der Waals surface area (Å²) in [5.74, 6) is -10.2. The third-order valence-corrected chi connectivity index (χ3v) is 9.95.